The van der Waals surface area contributed by atoms with E-state index < -0.39 is 5.69 Å². The Kier molecular flexibility index (Phi) is 5.38. The van der Waals surface area contributed by atoms with E-state index in [0.29, 0.717) is 18.1 Å². The monoisotopic (exact) mass is 349 g/mol. The minimum absolute atomic E-state index is 0.317. The molecular weight excluding hydrogens is 330 g/mol. The molecule has 0 amide bonds. The Balaban J connectivity index is 1.63. The zero-order valence-electron chi connectivity index (χ0n) is 14.6. The van der Waals surface area contributed by atoms with Gasteiger partial charge in [0.2, 0.25) is 0 Å². The molecule has 0 aliphatic carbocycles. The molecule has 0 spiro atoms. The van der Waals surface area contributed by atoms with E-state index >= 15 is 0 Å². The van der Waals surface area contributed by atoms with Crippen molar-refractivity contribution in [3.63, 3.8) is 0 Å². The van der Waals surface area contributed by atoms with E-state index in [1.807, 2.05) is 36.4 Å². The number of nitrogens with zero attached hydrogens (tertiary/aromatic N) is 3. The van der Waals surface area contributed by atoms with Gasteiger partial charge in [0.15, 0.2) is 5.82 Å². The third-order valence-electron chi connectivity index (χ3n) is 3.61. The molecule has 0 atom stereocenters. The maximum atomic E-state index is 11.2. The van der Waals surface area contributed by atoms with Gasteiger partial charge in [-0.25, -0.2) is 9.89 Å². The number of aryl methyl sites for hydroxylation is 2. The number of rotatable bonds is 6. The molecule has 0 unspecified atom stereocenters. The van der Waals surface area contributed by atoms with Crippen molar-refractivity contribution in [1.29, 1.82) is 0 Å². The van der Waals surface area contributed by atoms with Gasteiger partial charge in [0, 0.05) is 0 Å². The predicted octanol–water partition coefficient (Wildman–Crippen LogP) is 2.81. The lowest BCUT2D eigenvalue weighted by Crippen LogP contribution is -2.15. The van der Waals surface area contributed by atoms with Gasteiger partial charge in [-0.2, -0.15) is 15.2 Å². The second-order valence-corrected chi connectivity index (χ2v) is 5.79. The van der Waals surface area contributed by atoms with Gasteiger partial charge >= 0.3 is 5.69 Å². The Bertz CT molecular complexity index is 981. The fourth-order valence-electron chi connectivity index (χ4n) is 2.32. The number of hydrogen-bond acceptors (Lipinski definition) is 6. The molecule has 7 nitrogen and oxygen atoms in total. The Morgan fingerprint density at radius 1 is 1.19 bits per heavy atom. The van der Waals surface area contributed by atoms with Gasteiger partial charge in [0.1, 0.15) is 18.1 Å². The number of aromatic nitrogens is 3. The van der Waals surface area contributed by atoms with E-state index in [1.54, 1.807) is 13.1 Å². The first-order chi connectivity index (χ1) is 12.6. The summed E-state index contributed by atoms with van der Waals surface area (Å²) in [4.78, 5) is 15.0. The van der Waals surface area contributed by atoms with Gasteiger partial charge in [-0.15, -0.1) is 0 Å². The minimum atomic E-state index is -0.528. The van der Waals surface area contributed by atoms with Crippen molar-refractivity contribution >= 4 is 12.0 Å². The largest absolute Gasteiger partial charge is 0.489 e. The number of nitrogens with one attached hydrogen (secondary N) is 2. The summed E-state index contributed by atoms with van der Waals surface area (Å²) in [6.07, 6.45) is 1.63. The first-order valence-corrected chi connectivity index (χ1v) is 8.11. The lowest BCUT2D eigenvalue weighted by molar-refractivity contribution is 0.306. The van der Waals surface area contributed by atoms with Gasteiger partial charge in [-0.05, 0) is 37.1 Å². The molecule has 0 bridgehead atoms. The average molecular weight is 349 g/mol. The van der Waals surface area contributed by atoms with Crippen LogP contribution in [-0.2, 0) is 6.61 Å². The normalized spacial score (nSPS) is 10.8. The molecule has 0 fully saturated rings. The van der Waals surface area contributed by atoms with Gasteiger partial charge in [0.05, 0.1) is 6.21 Å². The number of hydrogen-bond donors (Lipinski definition) is 2. The van der Waals surface area contributed by atoms with Crippen LogP contribution in [0.4, 0.5) is 5.82 Å². The molecule has 3 aromatic rings. The second-order valence-electron chi connectivity index (χ2n) is 5.79. The summed E-state index contributed by atoms with van der Waals surface area (Å²) in [7, 11) is 0. The highest BCUT2D eigenvalue weighted by Crippen LogP contribution is 2.15. The topological polar surface area (TPSA) is 92.3 Å². The quantitative estimate of drug-likeness (QED) is 0.527. The van der Waals surface area contributed by atoms with Crippen LogP contribution in [-0.4, -0.2) is 21.4 Å². The number of anilines is 1. The van der Waals surface area contributed by atoms with Crippen LogP contribution in [0.3, 0.4) is 0 Å². The fraction of sp³-hybridized carbons (Fsp3) is 0.158. The number of benzene rings is 2. The van der Waals surface area contributed by atoms with Gasteiger partial charge < -0.3 is 4.74 Å². The van der Waals surface area contributed by atoms with E-state index in [1.165, 1.54) is 5.56 Å². The minimum Gasteiger partial charge on any atom is -0.489 e. The highest BCUT2D eigenvalue weighted by molar-refractivity contribution is 5.80. The Labute approximate surface area is 150 Å². The SMILES string of the molecule is Cc1cccc(COc2cccc(C=NNc3nc(=O)[nH]nc3C)c2)c1. The third-order valence-corrected chi connectivity index (χ3v) is 3.61. The molecular formula is C19H19N5O2. The summed E-state index contributed by atoms with van der Waals surface area (Å²) in [5, 5.41) is 10.2. The smallest absolute Gasteiger partial charge is 0.363 e. The molecule has 0 radical (unpaired) electrons. The van der Waals surface area contributed by atoms with Gasteiger partial charge in [0.25, 0.3) is 0 Å². The average Bonchev–Trinajstić information content (AvgIpc) is 2.63. The standard InChI is InChI=1S/C19H19N5O2/c1-13-5-3-7-16(9-13)12-26-17-8-4-6-15(10-17)11-20-23-18-14(2)22-24-19(25)21-18/h3-11H,12H2,1-2H3,(H2,21,23,24,25). The van der Waals surface area contributed by atoms with Crippen LogP contribution in [0.5, 0.6) is 5.75 Å². The maximum absolute atomic E-state index is 11.2. The van der Waals surface area contributed by atoms with E-state index in [0.717, 1.165) is 16.9 Å². The summed E-state index contributed by atoms with van der Waals surface area (Å²) < 4.78 is 5.84. The van der Waals surface area contributed by atoms with E-state index in [2.05, 4.69) is 44.8 Å². The van der Waals surface area contributed by atoms with E-state index in [9.17, 15) is 4.79 Å². The third kappa shape index (κ3) is 4.76. The van der Waals surface area contributed by atoms with Crippen molar-refractivity contribution in [3.8, 4) is 5.75 Å². The Morgan fingerprint density at radius 3 is 2.88 bits per heavy atom. The van der Waals surface area contributed by atoms with Crippen molar-refractivity contribution in [2.75, 3.05) is 5.43 Å². The van der Waals surface area contributed by atoms with Crippen LogP contribution < -0.4 is 15.9 Å². The summed E-state index contributed by atoms with van der Waals surface area (Å²) in [5.74, 6) is 1.07. The number of ether oxygens (including phenoxy) is 1. The molecule has 132 valence electrons. The zero-order valence-corrected chi connectivity index (χ0v) is 14.6. The summed E-state index contributed by atoms with van der Waals surface area (Å²) in [6, 6.07) is 15.8. The lowest BCUT2D eigenvalue weighted by atomic mass is 10.1. The first-order valence-electron chi connectivity index (χ1n) is 8.11. The molecule has 0 saturated heterocycles. The maximum Gasteiger partial charge on any atom is 0.363 e. The molecule has 3 rings (SSSR count). The van der Waals surface area contributed by atoms with Crippen molar-refractivity contribution in [2.45, 2.75) is 20.5 Å². The number of aromatic amines is 1. The zero-order chi connectivity index (χ0) is 18.4. The fourth-order valence-corrected chi connectivity index (χ4v) is 2.32. The second kappa shape index (κ2) is 8.06. The van der Waals surface area contributed by atoms with Gasteiger partial charge in [-0.1, -0.05) is 42.0 Å². The van der Waals surface area contributed by atoms with Crippen molar-refractivity contribution in [2.24, 2.45) is 5.10 Å². The van der Waals surface area contributed by atoms with Crippen LogP contribution in [0.2, 0.25) is 0 Å². The van der Waals surface area contributed by atoms with Crippen LogP contribution >= 0.6 is 0 Å². The van der Waals surface area contributed by atoms with Crippen LogP contribution in [0.1, 0.15) is 22.4 Å². The number of hydrazone groups is 1. The lowest BCUT2D eigenvalue weighted by Gasteiger charge is -2.07. The molecule has 1 aromatic heterocycles. The molecule has 0 saturated carbocycles. The highest BCUT2D eigenvalue weighted by Gasteiger charge is 2.01. The summed E-state index contributed by atoms with van der Waals surface area (Å²) in [6.45, 7) is 4.28. The molecule has 2 N–H and O–H groups in total. The number of H-pyrrole nitrogens is 1. The molecule has 0 aliphatic heterocycles. The molecule has 0 aliphatic rings. The Hall–Kier alpha value is -3.48. The molecule has 26 heavy (non-hydrogen) atoms. The first kappa shape index (κ1) is 17.3. The summed E-state index contributed by atoms with van der Waals surface area (Å²) >= 11 is 0. The molecule has 7 heteroatoms. The van der Waals surface area contributed by atoms with Crippen molar-refractivity contribution in [3.05, 3.63) is 81.4 Å². The molecule has 2 aromatic carbocycles. The van der Waals surface area contributed by atoms with Crippen LogP contribution in [0, 0.1) is 13.8 Å². The van der Waals surface area contributed by atoms with E-state index in [4.69, 9.17) is 4.74 Å². The summed E-state index contributed by atoms with van der Waals surface area (Å²) in [5.41, 5.74) is 5.93. The van der Waals surface area contributed by atoms with Crippen LogP contribution in [0.15, 0.2) is 58.4 Å². The Morgan fingerprint density at radius 2 is 2.04 bits per heavy atom. The van der Waals surface area contributed by atoms with Gasteiger partial charge in [-0.3, -0.25) is 5.43 Å². The van der Waals surface area contributed by atoms with Crippen LogP contribution in [0.25, 0.3) is 0 Å². The van der Waals surface area contributed by atoms with Crippen molar-refractivity contribution in [1.82, 2.24) is 15.2 Å². The van der Waals surface area contributed by atoms with Crippen molar-refractivity contribution < 1.29 is 4.74 Å². The highest BCUT2D eigenvalue weighted by atomic mass is 16.5. The van der Waals surface area contributed by atoms with E-state index in [-0.39, 0.29) is 0 Å². The molecule has 1 heterocycles. The predicted molar refractivity (Wildman–Crippen MR) is 101 cm³/mol.